The van der Waals surface area contributed by atoms with E-state index in [0.717, 1.165) is 25.7 Å². The van der Waals surface area contributed by atoms with Crippen molar-refractivity contribution in [2.45, 2.75) is 43.0 Å². The second kappa shape index (κ2) is 4.55. The minimum absolute atomic E-state index is 0.0963. The molecule has 1 aromatic heterocycles. The maximum atomic E-state index is 11.9. The third-order valence-corrected chi connectivity index (χ3v) is 4.39. The van der Waals surface area contributed by atoms with Crippen LogP contribution in [0.4, 0.5) is 0 Å². The van der Waals surface area contributed by atoms with E-state index >= 15 is 0 Å². The standard InChI is InChI=1S/C10H17N3O2S/c1-13-8-10(7-11-13)16(14,15)12-9-5-3-2-4-6-9/h7-9,12H,2-6H2,1H3. The number of hydrogen-bond donors (Lipinski definition) is 1. The number of aromatic nitrogens is 2. The van der Waals surface area contributed by atoms with Gasteiger partial charge in [0.1, 0.15) is 4.90 Å². The minimum Gasteiger partial charge on any atom is -0.274 e. The number of nitrogens with one attached hydrogen (secondary N) is 1. The molecule has 0 aromatic carbocycles. The van der Waals surface area contributed by atoms with Crippen LogP contribution in [0.25, 0.3) is 0 Å². The molecule has 0 radical (unpaired) electrons. The summed E-state index contributed by atoms with van der Waals surface area (Å²) in [5.74, 6) is 0. The Labute approximate surface area is 95.9 Å². The average molecular weight is 243 g/mol. The number of sulfonamides is 1. The Kier molecular flexibility index (Phi) is 3.30. The van der Waals surface area contributed by atoms with Gasteiger partial charge in [-0.2, -0.15) is 5.10 Å². The van der Waals surface area contributed by atoms with Crippen molar-refractivity contribution in [1.82, 2.24) is 14.5 Å². The molecule has 2 rings (SSSR count). The van der Waals surface area contributed by atoms with Crippen LogP contribution in [0.15, 0.2) is 17.3 Å². The summed E-state index contributed by atoms with van der Waals surface area (Å²) in [6.07, 6.45) is 8.22. The molecule has 1 aromatic rings. The van der Waals surface area contributed by atoms with Gasteiger partial charge in [-0.25, -0.2) is 13.1 Å². The zero-order valence-corrected chi connectivity index (χ0v) is 10.2. The first-order valence-corrected chi connectivity index (χ1v) is 7.07. The van der Waals surface area contributed by atoms with E-state index in [1.54, 1.807) is 7.05 Å². The van der Waals surface area contributed by atoms with Crippen LogP contribution in [0.3, 0.4) is 0 Å². The lowest BCUT2D eigenvalue weighted by atomic mass is 9.96. The van der Waals surface area contributed by atoms with Crippen molar-refractivity contribution in [1.29, 1.82) is 0 Å². The summed E-state index contributed by atoms with van der Waals surface area (Å²) in [5, 5.41) is 3.87. The van der Waals surface area contributed by atoms with Gasteiger partial charge in [0.2, 0.25) is 10.0 Å². The van der Waals surface area contributed by atoms with Crippen LogP contribution in [0.5, 0.6) is 0 Å². The van der Waals surface area contributed by atoms with Crippen molar-refractivity contribution in [2.75, 3.05) is 0 Å². The van der Waals surface area contributed by atoms with Gasteiger partial charge >= 0.3 is 0 Å². The van der Waals surface area contributed by atoms with E-state index in [2.05, 4.69) is 9.82 Å². The number of rotatable bonds is 3. The Morgan fingerprint density at radius 3 is 2.62 bits per heavy atom. The van der Waals surface area contributed by atoms with Crippen LogP contribution in [-0.4, -0.2) is 24.2 Å². The van der Waals surface area contributed by atoms with Gasteiger partial charge < -0.3 is 0 Å². The lowest BCUT2D eigenvalue weighted by Gasteiger charge is -2.22. The SMILES string of the molecule is Cn1cc(S(=O)(=O)NC2CCCCC2)cn1. The van der Waals surface area contributed by atoms with Gasteiger partial charge in [0, 0.05) is 19.3 Å². The largest absolute Gasteiger partial charge is 0.274 e. The lowest BCUT2D eigenvalue weighted by molar-refractivity contribution is 0.412. The Morgan fingerprint density at radius 1 is 1.38 bits per heavy atom. The molecule has 0 saturated heterocycles. The van der Waals surface area contributed by atoms with Crippen LogP contribution in [0, 0.1) is 0 Å². The second-order valence-corrected chi connectivity index (χ2v) is 6.02. The molecule has 1 saturated carbocycles. The van der Waals surface area contributed by atoms with Crippen molar-refractivity contribution in [3.05, 3.63) is 12.4 Å². The van der Waals surface area contributed by atoms with E-state index < -0.39 is 10.0 Å². The molecule has 6 heteroatoms. The molecule has 5 nitrogen and oxygen atoms in total. The van der Waals surface area contributed by atoms with Crippen LogP contribution in [0.1, 0.15) is 32.1 Å². The smallest absolute Gasteiger partial charge is 0.243 e. The Morgan fingerprint density at radius 2 is 2.06 bits per heavy atom. The summed E-state index contributed by atoms with van der Waals surface area (Å²) in [6, 6.07) is 0.0963. The van der Waals surface area contributed by atoms with E-state index in [4.69, 9.17) is 0 Å². The van der Waals surface area contributed by atoms with Crippen LogP contribution >= 0.6 is 0 Å². The van der Waals surface area contributed by atoms with Crippen LogP contribution < -0.4 is 4.72 Å². The molecular formula is C10H17N3O2S. The maximum Gasteiger partial charge on any atom is 0.243 e. The highest BCUT2D eigenvalue weighted by atomic mass is 32.2. The minimum atomic E-state index is -3.37. The molecule has 0 aliphatic heterocycles. The normalized spacial score (nSPS) is 18.8. The summed E-state index contributed by atoms with van der Waals surface area (Å²) in [7, 11) is -1.66. The highest BCUT2D eigenvalue weighted by molar-refractivity contribution is 7.89. The Hall–Kier alpha value is -0.880. The Balaban J connectivity index is 2.07. The van der Waals surface area contributed by atoms with Gasteiger partial charge in [-0.1, -0.05) is 19.3 Å². The zero-order valence-electron chi connectivity index (χ0n) is 9.39. The number of aryl methyl sites for hydroxylation is 1. The third-order valence-electron chi connectivity index (χ3n) is 2.92. The van der Waals surface area contributed by atoms with Gasteiger partial charge in [0.15, 0.2) is 0 Å². The van der Waals surface area contributed by atoms with E-state index in [-0.39, 0.29) is 10.9 Å². The average Bonchev–Trinajstić information content (AvgIpc) is 2.66. The molecule has 16 heavy (non-hydrogen) atoms. The quantitative estimate of drug-likeness (QED) is 0.862. The number of hydrogen-bond acceptors (Lipinski definition) is 3. The molecule has 0 bridgehead atoms. The van der Waals surface area contributed by atoms with Crippen molar-refractivity contribution < 1.29 is 8.42 Å². The molecule has 1 aliphatic rings. The molecule has 0 amide bonds. The van der Waals surface area contributed by atoms with E-state index in [9.17, 15) is 8.42 Å². The molecule has 1 fully saturated rings. The lowest BCUT2D eigenvalue weighted by Crippen LogP contribution is -2.35. The highest BCUT2D eigenvalue weighted by Crippen LogP contribution is 2.19. The van der Waals surface area contributed by atoms with Gasteiger partial charge in [-0.3, -0.25) is 4.68 Å². The second-order valence-electron chi connectivity index (χ2n) is 4.31. The van der Waals surface area contributed by atoms with E-state index in [1.165, 1.54) is 23.5 Å². The van der Waals surface area contributed by atoms with Crippen molar-refractivity contribution >= 4 is 10.0 Å². The van der Waals surface area contributed by atoms with E-state index in [1.807, 2.05) is 0 Å². The van der Waals surface area contributed by atoms with Gasteiger partial charge in [0.25, 0.3) is 0 Å². The van der Waals surface area contributed by atoms with Crippen LogP contribution in [0.2, 0.25) is 0 Å². The van der Waals surface area contributed by atoms with Crippen molar-refractivity contribution in [2.24, 2.45) is 7.05 Å². The zero-order chi connectivity index (χ0) is 11.6. The van der Waals surface area contributed by atoms with Crippen molar-refractivity contribution in [3.8, 4) is 0 Å². The summed E-state index contributed by atoms with van der Waals surface area (Å²) >= 11 is 0. The summed E-state index contributed by atoms with van der Waals surface area (Å²) in [6.45, 7) is 0. The van der Waals surface area contributed by atoms with Crippen LogP contribution in [-0.2, 0) is 17.1 Å². The van der Waals surface area contributed by atoms with Crippen molar-refractivity contribution in [3.63, 3.8) is 0 Å². The fourth-order valence-electron chi connectivity index (χ4n) is 2.05. The molecule has 90 valence electrons. The first kappa shape index (κ1) is 11.6. The predicted molar refractivity (Wildman–Crippen MR) is 60.4 cm³/mol. The first-order valence-electron chi connectivity index (χ1n) is 5.59. The molecule has 0 spiro atoms. The fraction of sp³-hybridized carbons (Fsp3) is 0.700. The Bertz CT molecular complexity index is 446. The monoisotopic (exact) mass is 243 g/mol. The fourth-order valence-corrected chi connectivity index (χ4v) is 3.33. The predicted octanol–water partition coefficient (Wildman–Crippen LogP) is 1.03. The topological polar surface area (TPSA) is 64.0 Å². The third kappa shape index (κ3) is 2.62. The highest BCUT2D eigenvalue weighted by Gasteiger charge is 2.22. The van der Waals surface area contributed by atoms with E-state index in [0.29, 0.717) is 0 Å². The number of nitrogens with zero attached hydrogens (tertiary/aromatic N) is 2. The van der Waals surface area contributed by atoms with Gasteiger partial charge in [-0.05, 0) is 12.8 Å². The molecular weight excluding hydrogens is 226 g/mol. The maximum absolute atomic E-state index is 11.9. The summed E-state index contributed by atoms with van der Waals surface area (Å²) in [4.78, 5) is 0.251. The summed E-state index contributed by atoms with van der Waals surface area (Å²) in [5.41, 5.74) is 0. The molecule has 1 aliphatic carbocycles. The van der Waals surface area contributed by atoms with Gasteiger partial charge in [-0.15, -0.1) is 0 Å². The first-order chi connectivity index (χ1) is 7.58. The molecule has 0 unspecified atom stereocenters. The molecule has 0 atom stereocenters. The molecule has 1 heterocycles. The van der Waals surface area contributed by atoms with Gasteiger partial charge in [0.05, 0.1) is 6.20 Å². The molecule has 1 N–H and O–H groups in total. The summed E-state index contributed by atoms with van der Waals surface area (Å²) < 4.78 is 28.1.